The highest BCUT2D eigenvalue weighted by Crippen LogP contribution is 2.39. The van der Waals surface area contributed by atoms with Crippen molar-refractivity contribution in [3.63, 3.8) is 0 Å². The molecule has 0 aliphatic carbocycles. The Hall–Kier alpha value is -3.82. The van der Waals surface area contributed by atoms with Crippen molar-refractivity contribution in [3.05, 3.63) is 90.5 Å². The van der Waals surface area contributed by atoms with Crippen LogP contribution in [-0.4, -0.2) is 56.1 Å². The minimum absolute atomic E-state index is 0.0365. The van der Waals surface area contributed by atoms with Crippen molar-refractivity contribution in [2.24, 2.45) is 5.41 Å². The Labute approximate surface area is 281 Å². The molecule has 258 valence electrons. The van der Waals surface area contributed by atoms with Crippen LogP contribution in [-0.2, 0) is 50.6 Å². The Morgan fingerprint density at radius 2 is 1.38 bits per heavy atom. The van der Waals surface area contributed by atoms with Gasteiger partial charge < -0.3 is 23.7 Å². The summed E-state index contributed by atoms with van der Waals surface area (Å²) in [6.45, 7) is 12.2. The topological polar surface area (TPSA) is 135 Å². The lowest BCUT2D eigenvalue weighted by molar-refractivity contribution is -0.298. The average molecular weight is 708 g/mol. The van der Waals surface area contributed by atoms with Gasteiger partial charge >= 0.3 is 27.3 Å². The summed E-state index contributed by atoms with van der Waals surface area (Å²) in [6.07, 6.45) is -2.17. The second-order valence-corrected chi connectivity index (χ2v) is 15.6. The second-order valence-electron chi connectivity index (χ2n) is 12.1. The molecule has 2 atom stereocenters. The minimum atomic E-state index is -5.69. The summed E-state index contributed by atoms with van der Waals surface area (Å²) >= 11 is 0. The molecular formula is C34H37F2O10S2+. The van der Waals surface area contributed by atoms with Gasteiger partial charge in [-0.2, -0.15) is 17.2 Å². The zero-order chi connectivity index (χ0) is 35.5. The molecule has 0 amide bonds. The summed E-state index contributed by atoms with van der Waals surface area (Å²) in [5.74, 6) is -2.24. The number of alkyl halides is 2. The molecule has 1 saturated heterocycles. The molecule has 48 heavy (non-hydrogen) atoms. The monoisotopic (exact) mass is 707 g/mol. The molecule has 0 radical (unpaired) electrons. The molecule has 3 aromatic carbocycles. The van der Waals surface area contributed by atoms with E-state index >= 15 is 0 Å². The zero-order valence-corrected chi connectivity index (χ0v) is 28.7. The van der Waals surface area contributed by atoms with Crippen molar-refractivity contribution in [3.8, 4) is 11.5 Å². The molecule has 0 aromatic heterocycles. The molecular weight excluding hydrogens is 670 g/mol. The van der Waals surface area contributed by atoms with Crippen LogP contribution in [0, 0.1) is 5.41 Å². The number of hydrogen-bond donors (Lipinski definition) is 1. The number of carbonyl (C=O) groups excluding carboxylic acids is 2. The predicted molar refractivity (Wildman–Crippen MR) is 173 cm³/mol. The lowest BCUT2D eigenvalue weighted by Crippen LogP contribution is -2.43. The van der Waals surface area contributed by atoms with Gasteiger partial charge in [-0.05, 0) is 93.6 Å². The zero-order valence-electron chi connectivity index (χ0n) is 27.0. The molecule has 0 bridgehead atoms. The summed E-state index contributed by atoms with van der Waals surface area (Å²) in [4.78, 5) is 26.2. The van der Waals surface area contributed by atoms with E-state index in [4.69, 9.17) is 28.2 Å². The molecule has 3 aromatic rings. The second kappa shape index (κ2) is 14.3. The molecule has 14 heteroatoms. The Morgan fingerprint density at radius 3 is 1.83 bits per heavy atom. The van der Waals surface area contributed by atoms with Gasteiger partial charge in [0.1, 0.15) is 11.5 Å². The van der Waals surface area contributed by atoms with Gasteiger partial charge in [-0.25, -0.2) is 9.59 Å². The van der Waals surface area contributed by atoms with Gasteiger partial charge in [0, 0.05) is 16.6 Å². The van der Waals surface area contributed by atoms with E-state index in [9.17, 15) is 26.8 Å². The number of benzene rings is 3. The third-order valence-electron chi connectivity index (χ3n) is 7.24. The first-order valence-corrected chi connectivity index (χ1v) is 17.4. The highest BCUT2D eigenvalue weighted by atomic mass is 32.2. The van der Waals surface area contributed by atoms with Crippen molar-refractivity contribution < 1.29 is 55.0 Å². The van der Waals surface area contributed by atoms with E-state index in [1.807, 2.05) is 31.2 Å². The summed E-state index contributed by atoms with van der Waals surface area (Å²) in [5.41, 5.74) is 0.851. The van der Waals surface area contributed by atoms with Crippen LogP contribution in [0.25, 0.3) is 0 Å². The van der Waals surface area contributed by atoms with E-state index in [2.05, 4.69) is 20.4 Å². The fourth-order valence-corrected chi connectivity index (χ4v) is 6.92. The number of hydrogen-bond acceptors (Lipinski definition) is 9. The minimum Gasteiger partial charge on any atom is -0.483 e. The van der Waals surface area contributed by atoms with Gasteiger partial charge in [-0.15, -0.1) is 0 Å². The molecule has 1 N–H and O–H groups in total. The summed E-state index contributed by atoms with van der Waals surface area (Å²) in [6, 6.07) is 20.5. The Bertz CT molecular complexity index is 1730. The third-order valence-corrected chi connectivity index (χ3v) is 10.5. The molecule has 0 saturated carbocycles. The van der Waals surface area contributed by atoms with Crippen molar-refractivity contribution in [2.75, 3.05) is 19.8 Å². The maximum atomic E-state index is 14.1. The Balaban J connectivity index is 1.61. The highest BCUT2D eigenvalue weighted by Gasteiger charge is 2.51. The third kappa shape index (κ3) is 8.80. The predicted octanol–water partition coefficient (Wildman–Crippen LogP) is 6.30. The molecule has 1 aliphatic rings. The number of rotatable bonds is 12. The van der Waals surface area contributed by atoms with Crippen molar-refractivity contribution >= 4 is 33.0 Å². The van der Waals surface area contributed by atoms with E-state index in [0.717, 1.165) is 27.2 Å². The first kappa shape index (κ1) is 37.0. The van der Waals surface area contributed by atoms with E-state index in [1.54, 1.807) is 36.4 Å². The molecule has 1 fully saturated rings. The van der Waals surface area contributed by atoms with E-state index in [0.29, 0.717) is 13.2 Å². The van der Waals surface area contributed by atoms with E-state index < -0.39 is 56.7 Å². The SMILES string of the molecule is C=C(C)C(=O)OCC(=O)Oc1ccc([S+](c2ccc(OC(C)C(F)(F)S(=O)(=O)O)cc2)c2ccc(C3(C)OCC(C)(C)CO3)cc2)cc1. The van der Waals surface area contributed by atoms with Crippen LogP contribution < -0.4 is 9.47 Å². The van der Waals surface area contributed by atoms with Crippen LogP contribution in [0.1, 0.15) is 40.2 Å². The summed E-state index contributed by atoms with van der Waals surface area (Å²) in [5, 5.41) is -4.52. The van der Waals surface area contributed by atoms with Crippen LogP contribution in [0.3, 0.4) is 0 Å². The number of ether oxygens (including phenoxy) is 5. The first-order chi connectivity index (χ1) is 22.3. The fraction of sp³-hybridized carbons (Fsp3) is 0.353. The summed E-state index contributed by atoms with van der Waals surface area (Å²) in [7, 11) is -6.47. The molecule has 1 aliphatic heterocycles. The molecule has 0 spiro atoms. The van der Waals surface area contributed by atoms with Gasteiger partial charge in [-0.1, -0.05) is 20.4 Å². The van der Waals surface area contributed by atoms with Gasteiger partial charge in [0.25, 0.3) is 0 Å². The van der Waals surface area contributed by atoms with Gasteiger partial charge in [0.15, 0.2) is 33.2 Å². The van der Waals surface area contributed by atoms with Crippen LogP contribution in [0.5, 0.6) is 11.5 Å². The maximum absolute atomic E-state index is 14.1. The van der Waals surface area contributed by atoms with Crippen LogP contribution in [0.15, 0.2) is 99.6 Å². The van der Waals surface area contributed by atoms with Crippen molar-refractivity contribution in [1.82, 2.24) is 0 Å². The molecule has 1 heterocycles. The van der Waals surface area contributed by atoms with E-state index in [1.165, 1.54) is 19.1 Å². The average Bonchev–Trinajstić information content (AvgIpc) is 3.03. The lowest BCUT2D eigenvalue weighted by atomic mass is 9.94. The van der Waals surface area contributed by atoms with Gasteiger partial charge in [0.2, 0.25) is 0 Å². The van der Waals surface area contributed by atoms with Crippen molar-refractivity contribution in [2.45, 2.75) is 66.5 Å². The summed E-state index contributed by atoms with van der Waals surface area (Å²) < 4.78 is 86.8. The van der Waals surface area contributed by atoms with Crippen LogP contribution in [0.2, 0.25) is 0 Å². The maximum Gasteiger partial charge on any atom is 0.405 e. The quantitative estimate of drug-likeness (QED) is 0.0752. The molecule has 4 rings (SSSR count). The largest absolute Gasteiger partial charge is 0.483 e. The van der Waals surface area contributed by atoms with E-state index in [-0.39, 0.29) is 22.5 Å². The fourth-order valence-electron chi connectivity index (χ4n) is 4.41. The number of carbonyl (C=O) groups is 2. The normalized spacial score (nSPS) is 17.1. The first-order valence-electron chi connectivity index (χ1n) is 14.7. The van der Waals surface area contributed by atoms with Crippen LogP contribution in [0.4, 0.5) is 8.78 Å². The van der Waals surface area contributed by atoms with Gasteiger partial charge in [0.05, 0.1) is 24.1 Å². The van der Waals surface area contributed by atoms with Crippen LogP contribution >= 0.6 is 0 Å². The smallest absolute Gasteiger partial charge is 0.405 e. The highest BCUT2D eigenvalue weighted by molar-refractivity contribution is 7.97. The molecule has 2 unspecified atom stereocenters. The van der Waals surface area contributed by atoms with Crippen molar-refractivity contribution in [1.29, 1.82) is 0 Å². The number of halogens is 2. The lowest BCUT2D eigenvalue weighted by Gasteiger charge is -2.41. The number of esters is 2. The standard InChI is InChI=1S/C34H36F2O10S2/c1-22(2)31(38)42-19-30(37)46-26-11-17-29(18-12-26)47(27-13-7-24(8-14-27)33(6)43-20-32(4,5)21-44-33)28-15-9-25(10-16-28)45-23(3)34(35,36)48(39,40)41/h7-18,23H,1,19-21H2,2-6H3/p+1. The molecule has 10 nitrogen and oxygen atoms in total. The Kier molecular flexibility index (Phi) is 11.1. The Morgan fingerprint density at radius 1 is 0.917 bits per heavy atom. The van der Waals surface area contributed by atoms with Gasteiger partial charge in [-0.3, -0.25) is 4.55 Å².